The Morgan fingerprint density at radius 2 is 1.71 bits per heavy atom. The second kappa shape index (κ2) is 7.02. The lowest BCUT2D eigenvalue weighted by molar-refractivity contribution is 0.395. The number of benzene rings is 2. The largest absolute Gasteiger partial charge is 0.497 e. The molecule has 0 radical (unpaired) electrons. The predicted octanol–water partition coefficient (Wildman–Crippen LogP) is 4.44. The van der Waals surface area contributed by atoms with Crippen molar-refractivity contribution in [3.63, 3.8) is 0 Å². The summed E-state index contributed by atoms with van der Waals surface area (Å²) in [6.45, 7) is 4.31. The summed E-state index contributed by atoms with van der Waals surface area (Å²) >= 11 is 0. The van der Waals surface area contributed by atoms with Gasteiger partial charge >= 0.3 is 0 Å². The molecule has 1 atom stereocenters. The Bertz CT molecular complexity index is 578. The molecule has 0 aliphatic heterocycles. The Morgan fingerprint density at radius 1 is 1.00 bits per heavy atom. The molecule has 0 amide bonds. The Labute approximate surface area is 126 Å². The molecule has 0 aliphatic carbocycles. The smallest absolute Gasteiger partial charge is 0.145 e. The third-order valence-corrected chi connectivity index (χ3v) is 3.67. The van der Waals surface area contributed by atoms with E-state index < -0.39 is 0 Å². The van der Waals surface area contributed by atoms with E-state index in [4.69, 9.17) is 9.47 Å². The van der Waals surface area contributed by atoms with Gasteiger partial charge in [0.05, 0.1) is 19.9 Å². The molecular formula is C18H23NO2. The molecule has 3 nitrogen and oxygen atoms in total. The van der Waals surface area contributed by atoms with Crippen LogP contribution in [-0.2, 0) is 6.42 Å². The van der Waals surface area contributed by atoms with Crippen LogP contribution < -0.4 is 14.8 Å². The first-order chi connectivity index (χ1) is 10.2. The van der Waals surface area contributed by atoms with Gasteiger partial charge in [-0.15, -0.1) is 0 Å². The van der Waals surface area contributed by atoms with Gasteiger partial charge in [-0.3, -0.25) is 0 Å². The Balaban J connectivity index is 2.16. The standard InChI is InChI=1S/C18H23NO2/c1-5-14-6-8-15(9-7-14)13(2)19-17-11-10-16(20-3)12-18(17)21-4/h6-13,19H,5H2,1-4H3. The Morgan fingerprint density at radius 3 is 2.29 bits per heavy atom. The van der Waals surface area contributed by atoms with Gasteiger partial charge in [0.25, 0.3) is 0 Å². The molecule has 0 aromatic heterocycles. The highest BCUT2D eigenvalue weighted by Crippen LogP contribution is 2.31. The summed E-state index contributed by atoms with van der Waals surface area (Å²) in [6.07, 6.45) is 1.06. The van der Waals surface area contributed by atoms with Crippen molar-refractivity contribution < 1.29 is 9.47 Å². The maximum atomic E-state index is 5.42. The van der Waals surface area contributed by atoms with Gasteiger partial charge in [-0.2, -0.15) is 0 Å². The third-order valence-electron chi connectivity index (χ3n) is 3.67. The SMILES string of the molecule is CCc1ccc(C(C)Nc2ccc(OC)cc2OC)cc1. The number of methoxy groups -OCH3 is 2. The highest BCUT2D eigenvalue weighted by Gasteiger charge is 2.10. The molecule has 1 unspecified atom stereocenters. The number of hydrogen-bond donors (Lipinski definition) is 1. The minimum atomic E-state index is 0.207. The van der Waals surface area contributed by atoms with E-state index in [9.17, 15) is 0 Å². The van der Waals surface area contributed by atoms with Crippen molar-refractivity contribution in [1.82, 2.24) is 0 Å². The first-order valence-corrected chi connectivity index (χ1v) is 7.25. The van der Waals surface area contributed by atoms with Crippen LogP contribution in [0.25, 0.3) is 0 Å². The number of aryl methyl sites for hydroxylation is 1. The zero-order chi connectivity index (χ0) is 15.2. The third kappa shape index (κ3) is 3.69. The molecule has 2 aromatic carbocycles. The second-order valence-electron chi connectivity index (χ2n) is 5.03. The van der Waals surface area contributed by atoms with Crippen molar-refractivity contribution >= 4 is 5.69 Å². The minimum absolute atomic E-state index is 0.207. The molecule has 0 bridgehead atoms. The van der Waals surface area contributed by atoms with Crippen molar-refractivity contribution in [3.8, 4) is 11.5 Å². The van der Waals surface area contributed by atoms with Gasteiger partial charge in [0, 0.05) is 12.1 Å². The first-order valence-electron chi connectivity index (χ1n) is 7.25. The van der Waals surface area contributed by atoms with E-state index in [1.54, 1.807) is 14.2 Å². The van der Waals surface area contributed by atoms with Crippen molar-refractivity contribution in [1.29, 1.82) is 0 Å². The highest BCUT2D eigenvalue weighted by molar-refractivity contribution is 5.60. The fourth-order valence-electron chi connectivity index (χ4n) is 2.28. The molecule has 2 rings (SSSR count). The first kappa shape index (κ1) is 15.2. The van der Waals surface area contributed by atoms with Gasteiger partial charge in [0.15, 0.2) is 0 Å². The van der Waals surface area contributed by atoms with Crippen LogP contribution in [0.15, 0.2) is 42.5 Å². The van der Waals surface area contributed by atoms with E-state index in [0.29, 0.717) is 0 Å². The van der Waals surface area contributed by atoms with Gasteiger partial charge < -0.3 is 14.8 Å². The summed E-state index contributed by atoms with van der Waals surface area (Å²) in [5, 5.41) is 3.49. The number of hydrogen-bond acceptors (Lipinski definition) is 3. The number of anilines is 1. The van der Waals surface area contributed by atoms with E-state index in [-0.39, 0.29) is 6.04 Å². The summed E-state index contributed by atoms with van der Waals surface area (Å²) in [6, 6.07) is 14.7. The van der Waals surface area contributed by atoms with Crippen LogP contribution in [0.4, 0.5) is 5.69 Å². The Hall–Kier alpha value is -2.16. The summed E-state index contributed by atoms with van der Waals surface area (Å²) in [5.41, 5.74) is 3.57. The Kier molecular flexibility index (Phi) is 5.09. The lowest BCUT2D eigenvalue weighted by Crippen LogP contribution is -2.07. The quantitative estimate of drug-likeness (QED) is 0.851. The molecule has 0 saturated heterocycles. The van der Waals surface area contributed by atoms with E-state index in [0.717, 1.165) is 23.6 Å². The van der Waals surface area contributed by atoms with Gasteiger partial charge in [-0.1, -0.05) is 31.2 Å². The second-order valence-corrected chi connectivity index (χ2v) is 5.03. The van der Waals surface area contributed by atoms with Crippen LogP contribution in [0, 0.1) is 0 Å². The molecule has 21 heavy (non-hydrogen) atoms. The van der Waals surface area contributed by atoms with Crippen LogP contribution in [0.5, 0.6) is 11.5 Å². The van der Waals surface area contributed by atoms with Gasteiger partial charge in [0.1, 0.15) is 11.5 Å². The van der Waals surface area contributed by atoms with Gasteiger partial charge in [0.2, 0.25) is 0 Å². The molecule has 3 heteroatoms. The average Bonchev–Trinajstić information content (AvgIpc) is 2.55. The van der Waals surface area contributed by atoms with Crippen molar-refractivity contribution in [2.45, 2.75) is 26.3 Å². The summed E-state index contributed by atoms with van der Waals surface area (Å²) in [4.78, 5) is 0. The zero-order valence-electron chi connectivity index (χ0n) is 13.1. The molecule has 0 saturated carbocycles. The van der Waals surface area contributed by atoms with Gasteiger partial charge in [-0.05, 0) is 36.6 Å². The maximum absolute atomic E-state index is 5.42. The molecule has 0 heterocycles. The van der Waals surface area contributed by atoms with E-state index in [2.05, 4.69) is 43.4 Å². The van der Waals surface area contributed by atoms with Crippen LogP contribution in [0.3, 0.4) is 0 Å². The fourth-order valence-corrected chi connectivity index (χ4v) is 2.28. The summed E-state index contributed by atoms with van der Waals surface area (Å²) in [5.74, 6) is 1.57. The maximum Gasteiger partial charge on any atom is 0.145 e. The van der Waals surface area contributed by atoms with Crippen LogP contribution >= 0.6 is 0 Å². The lowest BCUT2D eigenvalue weighted by atomic mass is 10.0. The van der Waals surface area contributed by atoms with Gasteiger partial charge in [-0.25, -0.2) is 0 Å². The number of rotatable bonds is 6. The average molecular weight is 285 g/mol. The van der Waals surface area contributed by atoms with Crippen LogP contribution in [-0.4, -0.2) is 14.2 Å². The summed E-state index contributed by atoms with van der Waals surface area (Å²) in [7, 11) is 3.32. The van der Waals surface area contributed by atoms with Crippen molar-refractivity contribution in [3.05, 3.63) is 53.6 Å². The normalized spacial score (nSPS) is 11.8. The zero-order valence-corrected chi connectivity index (χ0v) is 13.1. The van der Waals surface area contributed by atoms with E-state index in [1.807, 2.05) is 18.2 Å². The van der Waals surface area contributed by atoms with Crippen LogP contribution in [0.2, 0.25) is 0 Å². The number of ether oxygens (including phenoxy) is 2. The molecule has 0 fully saturated rings. The molecular weight excluding hydrogens is 262 g/mol. The van der Waals surface area contributed by atoms with E-state index >= 15 is 0 Å². The topological polar surface area (TPSA) is 30.5 Å². The fraction of sp³-hybridized carbons (Fsp3) is 0.333. The number of nitrogens with one attached hydrogen (secondary N) is 1. The lowest BCUT2D eigenvalue weighted by Gasteiger charge is -2.18. The van der Waals surface area contributed by atoms with Crippen molar-refractivity contribution in [2.75, 3.05) is 19.5 Å². The molecule has 0 aliphatic rings. The highest BCUT2D eigenvalue weighted by atomic mass is 16.5. The van der Waals surface area contributed by atoms with Crippen LogP contribution in [0.1, 0.15) is 31.0 Å². The molecule has 112 valence electrons. The molecule has 0 spiro atoms. The monoisotopic (exact) mass is 285 g/mol. The minimum Gasteiger partial charge on any atom is -0.497 e. The van der Waals surface area contributed by atoms with E-state index in [1.165, 1.54) is 11.1 Å². The molecule has 2 aromatic rings. The van der Waals surface area contributed by atoms with Crippen molar-refractivity contribution in [2.24, 2.45) is 0 Å². The summed E-state index contributed by atoms with van der Waals surface area (Å²) < 4.78 is 10.6. The molecule has 1 N–H and O–H groups in total. The predicted molar refractivity (Wildman–Crippen MR) is 87.4 cm³/mol.